The number of carbonyl (C=O) groups is 1. The van der Waals surface area contributed by atoms with E-state index in [1.54, 1.807) is 6.92 Å². The molecule has 0 aromatic carbocycles. The normalized spacial score (nSPS) is 59.4. The molecule has 0 aromatic rings. The maximum Gasteiger partial charge on any atom is 0.302 e. The average Bonchev–Trinajstić information content (AvgIpc) is 3.43. The van der Waals surface area contributed by atoms with Gasteiger partial charge in [0.1, 0.15) is 6.10 Å². The highest BCUT2D eigenvalue weighted by Gasteiger charge is 2.84. The fraction of sp³-hybridized carbons (Fsp3) is 0.969. The van der Waals surface area contributed by atoms with E-state index in [2.05, 4.69) is 48.5 Å². The zero-order valence-electron chi connectivity index (χ0n) is 23.6. The summed E-state index contributed by atoms with van der Waals surface area (Å²) >= 11 is 0. The Bertz CT molecular complexity index is 891. The van der Waals surface area contributed by atoms with Gasteiger partial charge in [-0.05, 0) is 127 Å². The van der Waals surface area contributed by atoms with Crippen LogP contribution in [0.5, 0.6) is 0 Å². The van der Waals surface area contributed by atoms with Gasteiger partial charge in [0.25, 0.3) is 0 Å². The summed E-state index contributed by atoms with van der Waals surface area (Å²) in [6.07, 6.45) is 15.5. The predicted molar refractivity (Wildman–Crippen MR) is 138 cm³/mol. The van der Waals surface area contributed by atoms with Crippen LogP contribution in [0, 0.1) is 62.1 Å². The molecule has 2 spiro atoms. The van der Waals surface area contributed by atoms with Crippen LogP contribution in [0.1, 0.15) is 126 Å². The van der Waals surface area contributed by atoms with Gasteiger partial charge in [-0.2, -0.15) is 0 Å². The summed E-state index contributed by atoms with van der Waals surface area (Å²) in [6.45, 7) is 19.9. The van der Waals surface area contributed by atoms with E-state index in [1.165, 1.54) is 64.2 Å². The van der Waals surface area contributed by atoms with E-state index in [4.69, 9.17) is 4.74 Å². The first kappa shape index (κ1) is 23.8. The molecule has 34 heavy (non-hydrogen) atoms. The van der Waals surface area contributed by atoms with Crippen molar-refractivity contribution >= 4 is 5.97 Å². The number of hydrogen-bond donors (Lipinski definition) is 0. The third kappa shape index (κ3) is 2.53. The van der Waals surface area contributed by atoms with Crippen LogP contribution in [0.2, 0.25) is 0 Å². The van der Waals surface area contributed by atoms with Crippen LogP contribution < -0.4 is 0 Å². The van der Waals surface area contributed by atoms with Gasteiger partial charge in [-0.1, -0.05) is 48.5 Å². The third-order valence-corrected chi connectivity index (χ3v) is 15.0. The fourth-order valence-electron chi connectivity index (χ4n) is 12.9. The van der Waals surface area contributed by atoms with E-state index >= 15 is 0 Å². The van der Waals surface area contributed by atoms with Gasteiger partial charge in [0.05, 0.1) is 0 Å². The molecule has 0 aliphatic heterocycles. The Hall–Kier alpha value is -0.530. The summed E-state index contributed by atoms with van der Waals surface area (Å²) < 4.78 is 5.94. The molecule has 6 fully saturated rings. The van der Waals surface area contributed by atoms with Crippen molar-refractivity contribution < 1.29 is 9.53 Å². The molecule has 0 heterocycles. The summed E-state index contributed by atoms with van der Waals surface area (Å²) in [6, 6.07) is 0. The fourth-order valence-corrected chi connectivity index (χ4v) is 12.9. The van der Waals surface area contributed by atoms with Gasteiger partial charge in [0, 0.05) is 12.3 Å². The van der Waals surface area contributed by atoms with E-state index in [9.17, 15) is 4.79 Å². The molecular weight excluding hydrogens is 416 g/mol. The van der Waals surface area contributed by atoms with Crippen molar-refractivity contribution in [3.8, 4) is 0 Å². The molecule has 11 atom stereocenters. The molecule has 6 rings (SSSR count). The lowest BCUT2D eigenvalue weighted by Gasteiger charge is -2.71. The molecule has 2 nitrogen and oxygen atoms in total. The Kier molecular flexibility index (Phi) is 4.81. The van der Waals surface area contributed by atoms with Crippen LogP contribution in [0.4, 0.5) is 0 Å². The largest absolute Gasteiger partial charge is 0.462 e. The number of carbonyl (C=O) groups excluding carboxylic acids is 1. The van der Waals surface area contributed by atoms with Crippen molar-refractivity contribution in [3.05, 3.63) is 0 Å². The number of rotatable bonds is 1. The Morgan fingerprint density at radius 3 is 2.26 bits per heavy atom. The molecule has 6 aliphatic carbocycles. The van der Waals surface area contributed by atoms with Crippen molar-refractivity contribution in [3.63, 3.8) is 0 Å². The van der Waals surface area contributed by atoms with Crippen LogP contribution in [-0.2, 0) is 9.53 Å². The molecule has 0 amide bonds. The molecule has 0 bridgehead atoms. The lowest BCUT2D eigenvalue weighted by molar-refractivity contribution is -0.235. The molecular formula is C32H52O2. The summed E-state index contributed by atoms with van der Waals surface area (Å²) in [5.41, 5.74) is 2.71. The maximum atomic E-state index is 11.9. The monoisotopic (exact) mass is 468 g/mol. The predicted octanol–water partition coefficient (Wildman–Crippen LogP) is 8.43. The van der Waals surface area contributed by atoms with Crippen LogP contribution in [0.3, 0.4) is 0 Å². The van der Waals surface area contributed by atoms with Crippen molar-refractivity contribution in [1.82, 2.24) is 0 Å². The van der Waals surface area contributed by atoms with E-state index in [1.807, 2.05) is 0 Å². The second kappa shape index (κ2) is 6.86. The van der Waals surface area contributed by atoms with Gasteiger partial charge in [0.2, 0.25) is 0 Å². The Labute approximate surface area is 209 Å². The molecule has 2 heteroatoms. The first-order chi connectivity index (χ1) is 15.8. The highest BCUT2D eigenvalue weighted by atomic mass is 16.5. The lowest BCUT2D eigenvalue weighted by Crippen LogP contribution is -2.65. The van der Waals surface area contributed by atoms with Gasteiger partial charge in [-0.25, -0.2) is 0 Å². The highest BCUT2D eigenvalue weighted by molar-refractivity contribution is 5.66. The maximum absolute atomic E-state index is 11.9. The first-order valence-corrected chi connectivity index (χ1v) is 15.0. The minimum Gasteiger partial charge on any atom is -0.462 e. The summed E-state index contributed by atoms with van der Waals surface area (Å²) in [4.78, 5) is 11.9. The molecule has 0 radical (unpaired) electrons. The Morgan fingerprint density at radius 1 is 0.824 bits per heavy atom. The van der Waals surface area contributed by atoms with Gasteiger partial charge in [-0.3, -0.25) is 4.79 Å². The molecule has 0 saturated heterocycles. The lowest BCUT2D eigenvalue weighted by atomic mass is 9.33. The van der Waals surface area contributed by atoms with Crippen LogP contribution >= 0.6 is 0 Å². The van der Waals surface area contributed by atoms with E-state index < -0.39 is 0 Å². The quantitative estimate of drug-likeness (QED) is 0.361. The van der Waals surface area contributed by atoms with E-state index in [0.717, 1.165) is 30.1 Å². The number of hydrogen-bond acceptors (Lipinski definition) is 2. The van der Waals surface area contributed by atoms with Gasteiger partial charge >= 0.3 is 5.97 Å². The van der Waals surface area contributed by atoms with Crippen molar-refractivity contribution in [2.24, 2.45) is 62.1 Å². The minimum atomic E-state index is -0.0886. The second-order valence-corrected chi connectivity index (χ2v) is 15.9. The standard InChI is InChI=1S/C32H52O2/c1-20-9-13-28(6)17-18-29(7)23(26(28)21(20)2)10-16-32-19-31(32)15-12-25(34-22(3)33)27(4,5)24(31)11-14-30(29,32)8/h20-21,23-26H,9-19H2,1-8H3. The molecule has 192 valence electrons. The number of ether oxygens (including phenoxy) is 1. The summed E-state index contributed by atoms with van der Waals surface area (Å²) in [7, 11) is 0. The molecule has 0 N–H and O–H groups in total. The zero-order chi connectivity index (χ0) is 24.5. The molecule has 6 saturated carbocycles. The SMILES string of the molecule is CC(=O)OC1CCC23CC24CCC2C5C(C)C(C)CCC5(C)CCC2(C)C4(C)CCC3C1(C)C. The van der Waals surface area contributed by atoms with Crippen molar-refractivity contribution in [1.29, 1.82) is 0 Å². The number of esters is 1. The second-order valence-electron chi connectivity index (χ2n) is 15.9. The van der Waals surface area contributed by atoms with Crippen LogP contribution in [0.25, 0.3) is 0 Å². The van der Waals surface area contributed by atoms with Gasteiger partial charge in [0.15, 0.2) is 0 Å². The zero-order valence-corrected chi connectivity index (χ0v) is 23.6. The topological polar surface area (TPSA) is 26.3 Å². The highest BCUT2D eigenvalue weighted by Crippen LogP contribution is 2.91. The third-order valence-electron chi connectivity index (χ3n) is 15.0. The van der Waals surface area contributed by atoms with E-state index in [0.29, 0.717) is 33.0 Å². The Morgan fingerprint density at radius 2 is 1.56 bits per heavy atom. The number of fused-ring (bicyclic) bond motifs is 4. The summed E-state index contributed by atoms with van der Waals surface area (Å²) in [5, 5.41) is 0. The summed E-state index contributed by atoms with van der Waals surface area (Å²) in [5.74, 6) is 4.24. The molecule has 0 aromatic heterocycles. The van der Waals surface area contributed by atoms with Crippen molar-refractivity contribution in [2.45, 2.75) is 132 Å². The minimum absolute atomic E-state index is 0.0886. The van der Waals surface area contributed by atoms with Crippen LogP contribution in [-0.4, -0.2) is 12.1 Å². The molecule has 6 aliphatic rings. The van der Waals surface area contributed by atoms with Gasteiger partial charge in [-0.15, -0.1) is 0 Å². The first-order valence-electron chi connectivity index (χ1n) is 15.0. The van der Waals surface area contributed by atoms with Gasteiger partial charge < -0.3 is 4.74 Å². The van der Waals surface area contributed by atoms with E-state index in [-0.39, 0.29) is 17.5 Å². The average molecular weight is 469 g/mol. The van der Waals surface area contributed by atoms with Crippen molar-refractivity contribution in [2.75, 3.05) is 0 Å². The smallest absolute Gasteiger partial charge is 0.302 e. The Balaban J connectivity index is 1.36. The van der Waals surface area contributed by atoms with Crippen LogP contribution in [0.15, 0.2) is 0 Å². The molecule has 11 unspecified atom stereocenters.